The van der Waals surface area contributed by atoms with Crippen molar-refractivity contribution in [1.29, 1.82) is 0 Å². The van der Waals surface area contributed by atoms with Crippen LogP contribution in [0.1, 0.15) is 13.8 Å². The van der Waals surface area contributed by atoms with Gasteiger partial charge in [0.1, 0.15) is 6.61 Å². The first-order valence-corrected chi connectivity index (χ1v) is 3.53. The third-order valence-corrected chi connectivity index (χ3v) is 0.871. The normalized spacial score (nSPS) is 9.17. The molecule has 0 aliphatic heterocycles. The quantitative estimate of drug-likeness (QED) is 0.337. The van der Waals surface area contributed by atoms with E-state index in [4.69, 9.17) is 0 Å². The van der Waals surface area contributed by atoms with Crippen LogP contribution in [0.5, 0.6) is 0 Å². The van der Waals surface area contributed by atoms with Crippen molar-refractivity contribution >= 4 is 11.9 Å². The van der Waals surface area contributed by atoms with E-state index in [9.17, 15) is 9.59 Å². The number of hydrogen-bond acceptors (Lipinski definition) is 5. The van der Waals surface area contributed by atoms with E-state index in [0.29, 0.717) is 6.61 Å². The van der Waals surface area contributed by atoms with Crippen molar-refractivity contribution in [2.24, 2.45) is 0 Å². The zero-order chi connectivity index (χ0) is 9.40. The lowest BCUT2D eigenvalue weighted by molar-refractivity contribution is -0.163. The molecular formula is C7H12O5. The van der Waals surface area contributed by atoms with Crippen LogP contribution in [-0.2, 0) is 23.8 Å². The highest BCUT2D eigenvalue weighted by molar-refractivity contribution is 5.70. The zero-order valence-corrected chi connectivity index (χ0v) is 7.16. The van der Waals surface area contributed by atoms with Crippen molar-refractivity contribution in [3.63, 3.8) is 0 Å². The van der Waals surface area contributed by atoms with Crippen LogP contribution in [0.4, 0.5) is 0 Å². The molecule has 5 heteroatoms. The average molecular weight is 176 g/mol. The highest BCUT2D eigenvalue weighted by Crippen LogP contribution is 1.83. The molecule has 0 aromatic heterocycles. The lowest BCUT2D eigenvalue weighted by Gasteiger charge is -2.03. The van der Waals surface area contributed by atoms with Crippen molar-refractivity contribution in [2.45, 2.75) is 13.8 Å². The summed E-state index contributed by atoms with van der Waals surface area (Å²) in [6.45, 7) is 2.86. The van der Waals surface area contributed by atoms with Crippen molar-refractivity contribution in [2.75, 3.05) is 20.0 Å². The van der Waals surface area contributed by atoms with E-state index >= 15 is 0 Å². The fraction of sp³-hybridized carbons (Fsp3) is 0.714. The predicted octanol–water partition coefficient (Wildman–Crippen LogP) is 0.0867. The Hall–Kier alpha value is -1.10. The monoisotopic (exact) mass is 176 g/mol. The molecule has 0 rings (SSSR count). The van der Waals surface area contributed by atoms with Gasteiger partial charge in [0, 0.05) is 6.92 Å². The number of esters is 2. The number of ether oxygens (including phenoxy) is 3. The van der Waals surface area contributed by atoms with Gasteiger partial charge in [-0.25, -0.2) is 4.79 Å². The molecule has 0 spiro atoms. The molecule has 0 fully saturated rings. The standard InChI is InChI=1S/C7H12O5/c1-3-11-7(9)4-10-5-12-6(2)8/h3-5H2,1-2H3. The Kier molecular flexibility index (Phi) is 6.00. The van der Waals surface area contributed by atoms with E-state index in [0.717, 1.165) is 0 Å². The molecule has 12 heavy (non-hydrogen) atoms. The number of rotatable bonds is 5. The molecule has 0 heterocycles. The highest BCUT2D eigenvalue weighted by Gasteiger charge is 2.00. The second kappa shape index (κ2) is 6.60. The zero-order valence-electron chi connectivity index (χ0n) is 7.16. The Morgan fingerprint density at radius 2 is 1.92 bits per heavy atom. The van der Waals surface area contributed by atoms with E-state index in [1.54, 1.807) is 6.92 Å². The van der Waals surface area contributed by atoms with Gasteiger partial charge in [-0.1, -0.05) is 0 Å². The molecule has 0 radical (unpaired) electrons. The van der Waals surface area contributed by atoms with Crippen LogP contribution >= 0.6 is 0 Å². The molecule has 0 aliphatic rings. The van der Waals surface area contributed by atoms with Gasteiger partial charge in [-0.2, -0.15) is 0 Å². The summed E-state index contributed by atoms with van der Waals surface area (Å²) in [5.74, 6) is -0.913. The number of hydrogen-bond donors (Lipinski definition) is 0. The van der Waals surface area contributed by atoms with Crippen LogP contribution in [0.25, 0.3) is 0 Å². The third kappa shape index (κ3) is 7.01. The summed E-state index contributed by atoms with van der Waals surface area (Å²) in [7, 11) is 0. The third-order valence-electron chi connectivity index (χ3n) is 0.871. The van der Waals surface area contributed by atoms with Crippen LogP contribution in [0.2, 0.25) is 0 Å². The second-order valence-electron chi connectivity index (χ2n) is 1.91. The Balaban J connectivity index is 3.19. The molecule has 0 saturated heterocycles. The summed E-state index contributed by atoms with van der Waals surface area (Å²) >= 11 is 0. The minimum absolute atomic E-state index is 0.193. The van der Waals surface area contributed by atoms with Crippen molar-refractivity contribution in [3.05, 3.63) is 0 Å². The summed E-state index contributed by atoms with van der Waals surface area (Å²) in [5, 5.41) is 0. The fourth-order valence-electron chi connectivity index (χ4n) is 0.452. The maximum Gasteiger partial charge on any atom is 0.332 e. The van der Waals surface area contributed by atoms with Crippen molar-refractivity contribution in [1.82, 2.24) is 0 Å². The molecule has 0 bridgehead atoms. The fourth-order valence-corrected chi connectivity index (χ4v) is 0.452. The first-order valence-electron chi connectivity index (χ1n) is 3.53. The van der Waals surface area contributed by atoms with Crippen LogP contribution < -0.4 is 0 Å². The SMILES string of the molecule is CCOC(=O)COCOC(C)=O. The highest BCUT2D eigenvalue weighted by atomic mass is 16.7. The maximum absolute atomic E-state index is 10.6. The van der Waals surface area contributed by atoms with Gasteiger partial charge in [0.25, 0.3) is 0 Å². The van der Waals surface area contributed by atoms with Crippen LogP contribution in [0.3, 0.4) is 0 Å². The summed E-state index contributed by atoms with van der Waals surface area (Å²) in [5.41, 5.74) is 0. The van der Waals surface area contributed by atoms with Gasteiger partial charge in [-0.05, 0) is 6.92 Å². The van der Waals surface area contributed by atoms with E-state index in [1.807, 2.05) is 0 Å². The Labute approximate surface area is 70.6 Å². The minimum atomic E-state index is -0.468. The number of carbonyl (C=O) groups is 2. The van der Waals surface area contributed by atoms with Gasteiger partial charge < -0.3 is 14.2 Å². The summed E-state index contributed by atoms with van der Waals surface area (Å²) in [6.07, 6.45) is 0. The lowest BCUT2D eigenvalue weighted by Crippen LogP contribution is -2.14. The molecule has 5 nitrogen and oxygen atoms in total. The molecule has 0 saturated carbocycles. The topological polar surface area (TPSA) is 61.8 Å². The van der Waals surface area contributed by atoms with Crippen molar-refractivity contribution < 1.29 is 23.8 Å². The molecule has 0 aromatic rings. The van der Waals surface area contributed by atoms with E-state index in [1.165, 1.54) is 6.92 Å². The van der Waals surface area contributed by atoms with Gasteiger partial charge in [0.2, 0.25) is 0 Å². The van der Waals surface area contributed by atoms with Gasteiger partial charge in [0.15, 0.2) is 6.79 Å². The summed E-state index contributed by atoms with van der Waals surface area (Å²) in [4.78, 5) is 20.8. The molecule has 0 atom stereocenters. The molecule has 0 aliphatic carbocycles. The van der Waals surface area contributed by atoms with Gasteiger partial charge in [-0.3, -0.25) is 4.79 Å². The molecule has 70 valence electrons. The van der Waals surface area contributed by atoms with E-state index in [-0.39, 0.29) is 13.4 Å². The number of carbonyl (C=O) groups excluding carboxylic acids is 2. The maximum atomic E-state index is 10.6. The van der Waals surface area contributed by atoms with Gasteiger partial charge >= 0.3 is 11.9 Å². The second-order valence-corrected chi connectivity index (χ2v) is 1.91. The smallest absolute Gasteiger partial charge is 0.332 e. The summed E-state index contributed by atoms with van der Waals surface area (Å²) in [6, 6.07) is 0. The molecule has 0 N–H and O–H groups in total. The Morgan fingerprint density at radius 1 is 1.25 bits per heavy atom. The first kappa shape index (κ1) is 10.9. The Morgan fingerprint density at radius 3 is 2.42 bits per heavy atom. The van der Waals surface area contributed by atoms with Gasteiger partial charge in [-0.15, -0.1) is 0 Å². The van der Waals surface area contributed by atoms with E-state index < -0.39 is 11.9 Å². The van der Waals surface area contributed by atoms with Crippen LogP contribution in [0, 0.1) is 0 Å². The minimum Gasteiger partial charge on any atom is -0.464 e. The van der Waals surface area contributed by atoms with E-state index in [2.05, 4.69) is 14.2 Å². The predicted molar refractivity (Wildman–Crippen MR) is 39.2 cm³/mol. The van der Waals surface area contributed by atoms with Gasteiger partial charge in [0.05, 0.1) is 6.61 Å². The first-order chi connectivity index (χ1) is 5.66. The van der Waals surface area contributed by atoms with Crippen LogP contribution in [-0.4, -0.2) is 31.9 Å². The summed E-state index contributed by atoms with van der Waals surface area (Å²) < 4.78 is 13.6. The molecule has 0 aromatic carbocycles. The van der Waals surface area contributed by atoms with Crippen LogP contribution in [0.15, 0.2) is 0 Å². The van der Waals surface area contributed by atoms with Crippen molar-refractivity contribution in [3.8, 4) is 0 Å². The molecule has 0 unspecified atom stereocenters. The molecular weight excluding hydrogens is 164 g/mol. The largest absolute Gasteiger partial charge is 0.464 e. The molecule has 0 amide bonds. The average Bonchev–Trinajstić information content (AvgIpc) is 1.98. The lowest BCUT2D eigenvalue weighted by atomic mass is 10.7. The Bertz CT molecular complexity index is 154.